The second kappa shape index (κ2) is 6.06. The number of alkyl halides is 2. The molecule has 0 spiro atoms. The molecule has 0 aliphatic carbocycles. The summed E-state index contributed by atoms with van der Waals surface area (Å²) >= 11 is -0.507. The number of halogens is 1. The summed E-state index contributed by atoms with van der Waals surface area (Å²) < 4.78 is -0.859. The van der Waals surface area contributed by atoms with Crippen molar-refractivity contribution in [2.75, 3.05) is 18.0 Å². The van der Waals surface area contributed by atoms with E-state index in [-0.39, 0.29) is 13.1 Å². The van der Waals surface area contributed by atoms with E-state index in [2.05, 4.69) is 0 Å². The van der Waals surface area contributed by atoms with Crippen LogP contribution in [0.3, 0.4) is 0 Å². The Balaban J connectivity index is 3.96. The van der Waals surface area contributed by atoms with Gasteiger partial charge in [-0.3, -0.25) is 0 Å². The summed E-state index contributed by atoms with van der Waals surface area (Å²) in [6.45, 7) is -0.0367. The molecule has 0 unspecified atom stereocenters. The van der Waals surface area contributed by atoms with Crippen LogP contribution in [0.5, 0.6) is 0 Å². The third-order valence-corrected chi connectivity index (χ3v) is 4.30. The second-order valence-corrected chi connectivity index (χ2v) is 5.04. The summed E-state index contributed by atoms with van der Waals surface area (Å²) in [4.78, 5) is 1.83. The van der Waals surface area contributed by atoms with E-state index in [0.29, 0.717) is 0 Å². The molecule has 0 aliphatic heterocycles. The fourth-order valence-electron chi connectivity index (χ4n) is 0.536. The molecule has 0 fully saturated rings. The Kier molecular flexibility index (Phi) is 6.33. The van der Waals surface area contributed by atoms with Gasteiger partial charge in [0.25, 0.3) is 0 Å². The number of hydrogen-bond acceptors (Lipinski definition) is 6. The minimum atomic E-state index is -0.859. The topological polar surface area (TPSA) is 105 Å². The molecule has 0 rings (SSSR count). The van der Waals surface area contributed by atoms with Crippen molar-refractivity contribution in [3.05, 3.63) is 15.6 Å². The van der Waals surface area contributed by atoms with Gasteiger partial charge in [-0.15, -0.1) is 0 Å². The molecule has 7 heteroatoms. The van der Waals surface area contributed by atoms with Gasteiger partial charge in [-0.25, -0.2) is 0 Å². The number of rotatable bonds is 6. The standard InChI is InChI=1S/C4H10IN3O3/c1-5-4(8-11,2-6-9)3-7-10/h6-8H,2-3H2,1H3/q-4. The Morgan fingerprint density at radius 3 is 1.82 bits per heavy atom. The van der Waals surface area contributed by atoms with Crippen molar-refractivity contribution in [2.24, 2.45) is 0 Å². The third-order valence-electron chi connectivity index (χ3n) is 1.25. The molecule has 0 aromatic heterocycles. The van der Waals surface area contributed by atoms with Gasteiger partial charge in [0.2, 0.25) is 0 Å². The minimum absolute atomic E-state index is 0.0183. The van der Waals surface area contributed by atoms with E-state index < -0.39 is 24.8 Å². The van der Waals surface area contributed by atoms with E-state index in [1.807, 2.05) is 4.93 Å². The van der Waals surface area contributed by atoms with Crippen molar-refractivity contribution < 1.29 is 21.2 Å². The molecule has 0 aromatic carbocycles. The van der Waals surface area contributed by atoms with E-state index in [9.17, 15) is 15.6 Å². The van der Waals surface area contributed by atoms with Crippen LogP contribution in [0.15, 0.2) is 0 Å². The van der Waals surface area contributed by atoms with Crippen LogP contribution in [0.4, 0.5) is 0 Å². The van der Waals surface area contributed by atoms with Crippen molar-refractivity contribution in [3.63, 3.8) is 0 Å². The molecule has 0 saturated heterocycles. The van der Waals surface area contributed by atoms with Crippen molar-refractivity contribution in [1.82, 2.24) is 16.4 Å². The van der Waals surface area contributed by atoms with Gasteiger partial charge in [0.1, 0.15) is 0 Å². The zero-order chi connectivity index (χ0) is 8.74. The molecule has 0 amide bonds. The van der Waals surface area contributed by atoms with Crippen molar-refractivity contribution in [3.8, 4) is 0 Å². The Hall–Kier alpha value is 0.490. The van der Waals surface area contributed by atoms with E-state index in [0.717, 1.165) is 0 Å². The predicted octanol–water partition coefficient (Wildman–Crippen LogP) is -4.34. The predicted molar refractivity (Wildman–Crippen MR) is 37.9 cm³/mol. The van der Waals surface area contributed by atoms with Crippen LogP contribution in [-0.4, -0.2) is 21.6 Å². The van der Waals surface area contributed by atoms with Crippen LogP contribution in [0, 0.1) is 15.6 Å². The maximum absolute atomic E-state index is 10.4. The average Bonchev–Trinajstić information content (AvgIpc) is 2.04. The summed E-state index contributed by atoms with van der Waals surface area (Å²) in [7, 11) is 0. The summed E-state index contributed by atoms with van der Waals surface area (Å²) in [6.07, 6.45) is 0. The SMILES string of the molecule is C[I-]C(CN[O-])(CN[O-])N[O-]. The Labute approximate surface area is 75.1 Å². The van der Waals surface area contributed by atoms with Gasteiger partial charge in [-0.1, -0.05) is 0 Å². The zero-order valence-electron chi connectivity index (χ0n) is 6.02. The maximum atomic E-state index is 10.4. The van der Waals surface area contributed by atoms with E-state index in [1.165, 1.54) is 0 Å². The molecule has 0 saturated carbocycles. The van der Waals surface area contributed by atoms with E-state index in [1.54, 1.807) is 16.4 Å². The fraction of sp³-hybridized carbons (Fsp3) is 1.00. The molecule has 0 radical (unpaired) electrons. The first-order valence-electron chi connectivity index (χ1n) is 2.84. The Morgan fingerprint density at radius 1 is 1.18 bits per heavy atom. The Bertz CT molecular complexity index is 92.6. The van der Waals surface area contributed by atoms with Crippen molar-refractivity contribution >= 4 is 0 Å². The van der Waals surface area contributed by atoms with Gasteiger partial charge in [0, 0.05) is 0 Å². The van der Waals surface area contributed by atoms with E-state index >= 15 is 0 Å². The molecule has 0 aromatic rings. The first kappa shape index (κ1) is 11.5. The number of hydroxylamine groups is 3. The molecular formula is C4H10IN3O3-4. The Morgan fingerprint density at radius 2 is 1.64 bits per heavy atom. The van der Waals surface area contributed by atoms with Gasteiger partial charge in [0.05, 0.1) is 0 Å². The van der Waals surface area contributed by atoms with Crippen molar-refractivity contribution in [2.45, 2.75) is 3.55 Å². The van der Waals surface area contributed by atoms with Crippen LogP contribution in [0.1, 0.15) is 0 Å². The van der Waals surface area contributed by atoms with Gasteiger partial charge in [0.15, 0.2) is 0 Å². The van der Waals surface area contributed by atoms with Crippen LogP contribution < -0.4 is 37.6 Å². The van der Waals surface area contributed by atoms with Gasteiger partial charge >= 0.3 is 74.8 Å². The van der Waals surface area contributed by atoms with Crippen LogP contribution in [0.25, 0.3) is 0 Å². The average molecular weight is 275 g/mol. The van der Waals surface area contributed by atoms with E-state index in [4.69, 9.17) is 0 Å². The zero-order valence-corrected chi connectivity index (χ0v) is 8.17. The quantitative estimate of drug-likeness (QED) is 0.196. The first-order valence-corrected chi connectivity index (χ1v) is 6.08. The van der Waals surface area contributed by atoms with Crippen LogP contribution in [-0.2, 0) is 0 Å². The number of hydrogen-bond donors (Lipinski definition) is 3. The molecule has 70 valence electrons. The molecule has 0 aliphatic rings. The molecule has 0 atom stereocenters. The summed E-state index contributed by atoms with van der Waals surface area (Å²) in [5.74, 6) is 0. The van der Waals surface area contributed by atoms with Crippen LogP contribution in [0.2, 0.25) is 0 Å². The fourth-order valence-corrected chi connectivity index (χ4v) is 1.83. The molecule has 6 nitrogen and oxygen atoms in total. The summed E-state index contributed by atoms with van der Waals surface area (Å²) in [5.41, 5.74) is 5.00. The summed E-state index contributed by atoms with van der Waals surface area (Å²) in [5, 5.41) is 30.4. The van der Waals surface area contributed by atoms with Gasteiger partial charge < -0.3 is 0 Å². The molecular weight excluding hydrogens is 265 g/mol. The molecule has 3 N–H and O–H groups in total. The first-order chi connectivity index (χ1) is 5.24. The molecule has 11 heavy (non-hydrogen) atoms. The normalized spacial score (nSPS) is 12.4. The van der Waals surface area contributed by atoms with Crippen LogP contribution >= 0.6 is 0 Å². The van der Waals surface area contributed by atoms with Crippen molar-refractivity contribution in [1.29, 1.82) is 0 Å². The summed E-state index contributed by atoms with van der Waals surface area (Å²) in [6, 6.07) is 0. The monoisotopic (exact) mass is 275 g/mol. The second-order valence-electron chi connectivity index (χ2n) is 1.90. The van der Waals surface area contributed by atoms with Gasteiger partial charge in [-0.05, 0) is 0 Å². The number of nitrogens with one attached hydrogen (secondary N) is 3. The molecule has 0 heterocycles. The van der Waals surface area contributed by atoms with Gasteiger partial charge in [-0.2, -0.15) is 0 Å². The third kappa shape index (κ3) is 3.60. The molecule has 0 bridgehead atoms.